The Morgan fingerprint density at radius 1 is 0.518 bits per heavy atom. The minimum Gasteiger partial charge on any atom is -0.309 e. The van der Waals surface area contributed by atoms with Crippen molar-refractivity contribution >= 4 is 76.0 Å². The monoisotopic (exact) mass is 734 g/mol. The first-order valence-electron chi connectivity index (χ1n) is 19.0. The summed E-state index contributed by atoms with van der Waals surface area (Å²) in [6.45, 7) is 5.97. The predicted octanol–water partition coefficient (Wildman–Crippen LogP) is 15.5. The van der Waals surface area contributed by atoms with Crippen molar-refractivity contribution in [2.24, 2.45) is 0 Å². The van der Waals surface area contributed by atoms with Crippen LogP contribution in [0.5, 0.6) is 0 Å². The van der Waals surface area contributed by atoms with Gasteiger partial charge in [-0.15, -0.1) is 11.3 Å². The lowest BCUT2D eigenvalue weighted by atomic mass is 10.00. The van der Waals surface area contributed by atoms with E-state index in [1.807, 2.05) is 23.5 Å². The van der Waals surface area contributed by atoms with Crippen LogP contribution in [-0.2, 0) is 0 Å². The van der Waals surface area contributed by atoms with E-state index in [9.17, 15) is 0 Å². The second kappa shape index (κ2) is 14.0. The molecule has 0 aliphatic rings. The van der Waals surface area contributed by atoms with Crippen LogP contribution in [0.3, 0.4) is 0 Å². The van der Waals surface area contributed by atoms with E-state index >= 15 is 0 Å². The molecule has 2 aromatic heterocycles. The van der Waals surface area contributed by atoms with E-state index in [1.54, 1.807) is 0 Å². The van der Waals surface area contributed by atoms with Crippen molar-refractivity contribution in [3.05, 3.63) is 212 Å². The molecule has 0 saturated heterocycles. The van der Waals surface area contributed by atoms with Gasteiger partial charge >= 0.3 is 0 Å². The fourth-order valence-corrected chi connectivity index (χ4v) is 9.43. The maximum absolute atomic E-state index is 3.85. The Morgan fingerprint density at radius 3 is 1.71 bits per heavy atom. The summed E-state index contributed by atoms with van der Waals surface area (Å²) in [4.78, 5) is 2.41. The zero-order valence-electron chi connectivity index (χ0n) is 31.1. The molecule has 56 heavy (non-hydrogen) atoms. The third-order valence-corrected chi connectivity index (χ3v) is 12.2. The minimum absolute atomic E-state index is 1.11. The van der Waals surface area contributed by atoms with Gasteiger partial charge in [-0.25, -0.2) is 0 Å². The van der Waals surface area contributed by atoms with Gasteiger partial charge in [-0.2, -0.15) is 0 Å². The van der Waals surface area contributed by atoms with Crippen LogP contribution in [0.25, 0.3) is 75.5 Å². The highest BCUT2D eigenvalue weighted by molar-refractivity contribution is 7.26. The zero-order chi connectivity index (χ0) is 37.6. The van der Waals surface area contributed by atoms with Crippen LogP contribution in [-0.4, -0.2) is 4.57 Å². The van der Waals surface area contributed by atoms with Gasteiger partial charge in [0.15, 0.2) is 0 Å². The lowest BCUT2D eigenvalue weighted by Crippen LogP contribution is -2.10. The fourth-order valence-electron chi connectivity index (χ4n) is 8.22. The molecule has 2 heterocycles. The van der Waals surface area contributed by atoms with Crippen molar-refractivity contribution in [3.63, 3.8) is 0 Å². The van der Waals surface area contributed by atoms with Crippen molar-refractivity contribution < 1.29 is 0 Å². The maximum atomic E-state index is 3.85. The lowest BCUT2D eigenvalue weighted by Gasteiger charge is -2.26. The van der Waals surface area contributed by atoms with Crippen molar-refractivity contribution in [1.29, 1.82) is 0 Å². The highest BCUT2D eigenvalue weighted by atomic mass is 32.1. The first kappa shape index (κ1) is 33.6. The van der Waals surface area contributed by atoms with E-state index in [0.29, 0.717) is 0 Å². The number of rotatable bonds is 8. The highest BCUT2D eigenvalue weighted by Gasteiger charge is 2.20. The molecule has 0 saturated carbocycles. The van der Waals surface area contributed by atoms with E-state index in [4.69, 9.17) is 0 Å². The molecular weight excluding hydrogens is 697 g/mol. The smallest absolute Gasteiger partial charge is 0.0640 e. The molecule has 266 valence electrons. The quantitative estimate of drug-likeness (QED) is 0.141. The normalized spacial score (nSPS) is 11.8. The minimum atomic E-state index is 1.11. The molecule has 0 aliphatic carbocycles. The molecule has 3 heteroatoms. The Hall–Kier alpha value is -6.94. The van der Waals surface area contributed by atoms with Gasteiger partial charge in [-0.3, -0.25) is 0 Å². The van der Waals surface area contributed by atoms with Crippen LogP contribution in [0.2, 0.25) is 0 Å². The molecule has 0 amide bonds. The molecular formula is C53H38N2S. The van der Waals surface area contributed by atoms with Gasteiger partial charge < -0.3 is 9.47 Å². The molecule has 0 fully saturated rings. The molecule has 0 bridgehead atoms. The van der Waals surface area contributed by atoms with Crippen molar-refractivity contribution in [2.45, 2.75) is 6.92 Å². The van der Waals surface area contributed by atoms with Gasteiger partial charge in [0.2, 0.25) is 0 Å². The van der Waals surface area contributed by atoms with Crippen molar-refractivity contribution in [3.8, 4) is 27.9 Å². The van der Waals surface area contributed by atoms with Crippen LogP contribution in [0.4, 0.5) is 17.1 Å². The summed E-state index contributed by atoms with van der Waals surface area (Å²) in [6, 6.07) is 68.5. The Kier molecular flexibility index (Phi) is 8.43. The molecule has 0 N–H and O–H groups in total. The summed E-state index contributed by atoms with van der Waals surface area (Å²) < 4.78 is 4.98. The van der Waals surface area contributed by atoms with Gasteiger partial charge in [0, 0.05) is 43.2 Å². The first-order valence-corrected chi connectivity index (χ1v) is 19.9. The van der Waals surface area contributed by atoms with Gasteiger partial charge in [-0.05, 0) is 89.3 Å². The van der Waals surface area contributed by atoms with Gasteiger partial charge in [-0.1, -0.05) is 152 Å². The van der Waals surface area contributed by atoms with E-state index < -0.39 is 0 Å². The van der Waals surface area contributed by atoms with E-state index in [1.165, 1.54) is 86.7 Å². The van der Waals surface area contributed by atoms with Crippen LogP contribution in [0.15, 0.2) is 207 Å². The molecule has 0 unspecified atom stereocenters. The molecule has 10 rings (SSSR count). The number of anilines is 3. The number of hydrogen-bond donors (Lipinski definition) is 0. The average molecular weight is 735 g/mol. The number of fused-ring (bicyclic) bond motifs is 6. The van der Waals surface area contributed by atoms with Gasteiger partial charge in [0.25, 0.3) is 0 Å². The number of allylic oxidation sites excluding steroid dienone is 3. The Morgan fingerprint density at radius 2 is 1.05 bits per heavy atom. The predicted molar refractivity (Wildman–Crippen MR) is 243 cm³/mol. The zero-order valence-corrected chi connectivity index (χ0v) is 31.9. The van der Waals surface area contributed by atoms with Gasteiger partial charge in [0.1, 0.15) is 0 Å². The molecule has 10 aromatic rings. The SMILES string of the molecule is C=C/C=C(\C)c1ccc(-c2ccc(N(c3ccc(-c4ccccc4-n4c5ccccc5c5ccccc54)cc3)c3cccc4c3sc3ccccc34)cc2)cc1. The average Bonchev–Trinajstić information content (AvgIpc) is 3.81. The second-order valence-electron chi connectivity index (χ2n) is 14.2. The molecule has 8 aromatic carbocycles. The maximum Gasteiger partial charge on any atom is 0.0640 e. The topological polar surface area (TPSA) is 8.17 Å². The Labute approximate surface area is 331 Å². The Balaban J connectivity index is 1.08. The largest absolute Gasteiger partial charge is 0.309 e. The third-order valence-electron chi connectivity index (χ3n) is 11.0. The van der Waals surface area contributed by atoms with E-state index in [2.05, 4.69) is 211 Å². The summed E-state index contributed by atoms with van der Waals surface area (Å²) in [7, 11) is 0. The van der Waals surface area contributed by atoms with Crippen molar-refractivity contribution in [1.82, 2.24) is 4.57 Å². The number of para-hydroxylation sites is 3. The van der Waals surface area contributed by atoms with E-state index in [0.717, 1.165) is 11.4 Å². The number of benzene rings is 8. The first-order chi connectivity index (χ1) is 27.7. The summed E-state index contributed by atoms with van der Waals surface area (Å²) >= 11 is 1.86. The molecule has 0 aliphatic heterocycles. The molecule has 0 atom stereocenters. The van der Waals surface area contributed by atoms with Crippen LogP contribution in [0, 0.1) is 0 Å². The molecule has 0 radical (unpaired) electrons. The van der Waals surface area contributed by atoms with Crippen molar-refractivity contribution in [2.75, 3.05) is 4.90 Å². The number of nitrogens with zero attached hydrogens (tertiary/aromatic N) is 2. The fraction of sp³-hybridized carbons (Fsp3) is 0.0189. The standard InChI is InChI=1S/C53H38N2S/c1-3-13-36(2)37-24-26-38(27-25-37)39-28-32-41(33-29-39)54(51-22-12-18-47-46-17-7-11-23-52(46)56-53(47)51)42-34-30-40(31-35-42)43-14-4-8-19-48(43)55-49-20-9-5-15-44(49)45-16-6-10-21-50(45)55/h3-35H,1H2,2H3/b36-13+. The summed E-state index contributed by atoms with van der Waals surface area (Å²) in [5.41, 5.74) is 14.1. The van der Waals surface area contributed by atoms with E-state index in [-0.39, 0.29) is 0 Å². The highest BCUT2D eigenvalue weighted by Crippen LogP contribution is 2.45. The summed E-state index contributed by atoms with van der Waals surface area (Å²) in [6.07, 6.45) is 3.89. The van der Waals surface area contributed by atoms with Gasteiger partial charge in [0.05, 0.1) is 27.1 Å². The molecule has 2 nitrogen and oxygen atoms in total. The number of aromatic nitrogens is 1. The summed E-state index contributed by atoms with van der Waals surface area (Å²) in [5.74, 6) is 0. The third kappa shape index (κ3) is 5.72. The molecule has 0 spiro atoms. The Bertz CT molecular complexity index is 3030. The van der Waals surface area contributed by atoms with Crippen LogP contribution in [0.1, 0.15) is 12.5 Å². The number of thiophene rings is 1. The second-order valence-corrected chi connectivity index (χ2v) is 15.3. The number of hydrogen-bond acceptors (Lipinski definition) is 2. The van der Waals surface area contributed by atoms with Crippen LogP contribution < -0.4 is 4.90 Å². The van der Waals surface area contributed by atoms with Crippen LogP contribution >= 0.6 is 11.3 Å². The summed E-state index contributed by atoms with van der Waals surface area (Å²) in [5, 5.41) is 5.10. The lowest BCUT2D eigenvalue weighted by molar-refractivity contribution is 1.18.